The van der Waals surface area contributed by atoms with Crippen LogP contribution in [0.2, 0.25) is 0 Å². The number of carboxylic acid groups (broad SMARTS) is 1. The van der Waals surface area contributed by atoms with E-state index in [1.165, 1.54) is 0 Å². The highest BCUT2D eigenvalue weighted by atomic mass is 32.2. The van der Waals surface area contributed by atoms with Crippen LogP contribution in [0.5, 0.6) is 0 Å². The zero-order chi connectivity index (χ0) is 18.4. The van der Waals surface area contributed by atoms with E-state index in [1.807, 2.05) is 13.8 Å². The first-order valence-electron chi connectivity index (χ1n) is 9.00. The molecular formula is C17H29N3O4S. The number of nitrogens with one attached hydrogen (secondary N) is 2. The summed E-state index contributed by atoms with van der Waals surface area (Å²) in [6.07, 6.45) is 2.33. The lowest BCUT2D eigenvalue weighted by molar-refractivity contribution is -0.149. The van der Waals surface area contributed by atoms with Crippen LogP contribution in [0.1, 0.15) is 39.5 Å². The number of aliphatic carboxylic acids is 1. The zero-order valence-corrected chi connectivity index (χ0v) is 15.9. The summed E-state index contributed by atoms with van der Waals surface area (Å²) in [5, 5.41) is 15.3. The predicted octanol–water partition coefficient (Wildman–Crippen LogP) is 1.53. The fourth-order valence-electron chi connectivity index (χ4n) is 3.23. The number of carboxylic acids is 1. The van der Waals surface area contributed by atoms with Gasteiger partial charge in [-0.25, -0.2) is 9.59 Å². The maximum atomic E-state index is 12.7. The molecule has 1 atom stereocenters. The summed E-state index contributed by atoms with van der Waals surface area (Å²) in [5.41, 5.74) is -1.15. The third-order valence-corrected chi connectivity index (χ3v) is 5.84. The summed E-state index contributed by atoms with van der Waals surface area (Å²) in [7, 11) is 0. The monoisotopic (exact) mass is 371 g/mol. The second-order valence-electron chi connectivity index (χ2n) is 7.35. The van der Waals surface area contributed by atoms with Gasteiger partial charge in [0.25, 0.3) is 0 Å². The Bertz CT molecular complexity index is 506. The average molecular weight is 372 g/mol. The molecule has 3 N–H and O–H groups in total. The molecule has 1 unspecified atom stereocenters. The van der Waals surface area contributed by atoms with Crippen molar-refractivity contribution >= 4 is 29.7 Å². The van der Waals surface area contributed by atoms with Crippen LogP contribution in [0.25, 0.3) is 0 Å². The summed E-state index contributed by atoms with van der Waals surface area (Å²) < 4.78 is 0. The van der Waals surface area contributed by atoms with Crippen molar-refractivity contribution in [3.05, 3.63) is 0 Å². The molecule has 3 amide bonds. The van der Waals surface area contributed by atoms with Crippen molar-refractivity contribution in [3.8, 4) is 0 Å². The van der Waals surface area contributed by atoms with E-state index in [2.05, 4.69) is 10.6 Å². The topological polar surface area (TPSA) is 98.7 Å². The van der Waals surface area contributed by atoms with Crippen molar-refractivity contribution in [2.24, 2.45) is 11.8 Å². The molecule has 7 nitrogen and oxygen atoms in total. The molecule has 0 saturated carbocycles. The van der Waals surface area contributed by atoms with Crippen LogP contribution < -0.4 is 10.6 Å². The van der Waals surface area contributed by atoms with Crippen molar-refractivity contribution in [2.75, 3.05) is 31.1 Å². The lowest BCUT2D eigenvalue weighted by Gasteiger charge is -2.37. The second-order valence-corrected chi connectivity index (χ2v) is 8.58. The Morgan fingerprint density at radius 2 is 1.96 bits per heavy atom. The van der Waals surface area contributed by atoms with Gasteiger partial charge in [-0.3, -0.25) is 4.79 Å². The number of thioether (sulfide) groups is 1. The Labute approximate surface area is 153 Å². The Hall–Kier alpha value is -1.44. The second kappa shape index (κ2) is 8.78. The quantitative estimate of drug-likeness (QED) is 0.681. The predicted molar refractivity (Wildman–Crippen MR) is 97.6 cm³/mol. The summed E-state index contributed by atoms with van der Waals surface area (Å²) in [6.45, 7) is 5.64. The number of piperidine rings is 1. The molecule has 2 saturated heterocycles. The number of carbonyl (C=O) groups excluding carboxylic acids is 2. The molecule has 142 valence electrons. The van der Waals surface area contributed by atoms with Crippen LogP contribution >= 0.6 is 11.8 Å². The lowest BCUT2D eigenvalue weighted by atomic mass is 9.89. The maximum absolute atomic E-state index is 12.7. The molecule has 0 aliphatic carbocycles. The first-order valence-corrected chi connectivity index (χ1v) is 10.2. The number of rotatable bonds is 5. The SMILES string of the molecule is CC(C)CNC(=O)N1CCCC(C(=O)NC2(C(=O)O)CCSCC2)C1. The van der Waals surface area contributed by atoms with E-state index >= 15 is 0 Å². The van der Waals surface area contributed by atoms with Gasteiger partial charge in [-0.2, -0.15) is 11.8 Å². The number of likely N-dealkylation sites (tertiary alicyclic amines) is 1. The Morgan fingerprint density at radius 1 is 1.28 bits per heavy atom. The van der Waals surface area contributed by atoms with Crippen molar-refractivity contribution in [2.45, 2.75) is 45.1 Å². The summed E-state index contributed by atoms with van der Waals surface area (Å²) in [5.74, 6) is 0.304. The third-order valence-electron chi connectivity index (χ3n) is 4.86. The minimum atomic E-state index is -1.15. The molecule has 0 radical (unpaired) electrons. The molecule has 2 fully saturated rings. The summed E-state index contributed by atoms with van der Waals surface area (Å²) >= 11 is 1.71. The van der Waals surface area contributed by atoms with Gasteiger partial charge in [-0.15, -0.1) is 0 Å². The van der Waals surface area contributed by atoms with Gasteiger partial charge in [-0.05, 0) is 43.1 Å². The Balaban J connectivity index is 1.94. The molecule has 25 heavy (non-hydrogen) atoms. The summed E-state index contributed by atoms with van der Waals surface area (Å²) in [6, 6.07) is -0.145. The molecule has 0 aromatic rings. The molecule has 2 heterocycles. The zero-order valence-electron chi connectivity index (χ0n) is 15.0. The van der Waals surface area contributed by atoms with Crippen molar-refractivity contribution in [1.82, 2.24) is 15.5 Å². The molecular weight excluding hydrogens is 342 g/mol. The first-order chi connectivity index (χ1) is 11.8. The highest BCUT2D eigenvalue weighted by Gasteiger charge is 2.43. The van der Waals surface area contributed by atoms with Crippen molar-refractivity contribution in [3.63, 3.8) is 0 Å². The van der Waals surface area contributed by atoms with E-state index < -0.39 is 11.5 Å². The number of amides is 3. The molecule has 2 rings (SSSR count). The van der Waals surface area contributed by atoms with E-state index in [0.29, 0.717) is 44.8 Å². The van der Waals surface area contributed by atoms with E-state index in [4.69, 9.17) is 0 Å². The fourth-order valence-corrected chi connectivity index (χ4v) is 4.42. The number of hydrogen-bond donors (Lipinski definition) is 3. The van der Waals surface area contributed by atoms with E-state index in [1.54, 1.807) is 16.7 Å². The average Bonchev–Trinajstić information content (AvgIpc) is 2.60. The lowest BCUT2D eigenvalue weighted by Crippen LogP contribution is -2.59. The largest absolute Gasteiger partial charge is 0.480 e. The standard InChI is InChI=1S/C17H29N3O4S/c1-12(2)10-18-16(24)20-7-3-4-13(11-20)14(21)19-17(15(22)23)5-8-25-9-6-17/h12-13H,3-11H2,1-2H3,(H,18,24)(H,19,21)(H,22,23). The van der Waals surface area contributed by atoms with Crippen LogP contribution in [0.4, 0.5) is 4.79 Å². The minimum absolute atomic E-state index is 0.145. The van der Waals surface area contributed by atoms with Crippen LogP contribution in [-0.2, 0) is 9.59 Å². The van der Waals surface area contributed by atoms with Crippen molar-refractivity contribution < 1.29 is 19.5 Å². The number of hydrogen-bond acceptors (Lipinski definition) is 4. The van der Waals surface area contributed by atoms with Crippen LogP contribution in [0.15, 0.2) is 0 Å². The van der Waals surface area contributed by atoms with Gasteiger partial charge >= 0.3 is 12.0 Å². The van der Waals surface area contributed by atoms with Gasteiger partial charge in [0.2, 0.25) is 5.91 Å². The fraction of sp³-hybridized carbons (Fsp3) is 0.824. The van der Waals surface area contributed by atoms with E-state index in [-0.39, 0.29) is 17.9 Å². The first kappa shape index (κ1) is 19.9. The van der Waals surface area contributed by atoms with Gasteiger partial charge in [0.1, 0.15) is 5.54 Å². The Morgan fingerprint density at radius 3 is 2.56 bits per heavy atom. The van der Waals surface area contributed by atoms with Crippen LogP contribution in [0.3, 0.4) is 0 Å². The van der Waals surface area contributed by atoms with E-state index in [9.17, 15) is 19.5 Å². The smallest absolute Gasteiger partial charge is 0.329 e. The molecule has 2 aliphatic rings. The maximum Gasteiger partial charge on any atom is 0.329 e. The number of urea groups is 1. The molecule has 2 aliphatic heterocycles. The van der Waals surface area contributed by atoms with Crippen LogP contribution in [-0.4, -0.2) is 64.6 Å². The van der Waals surface area contributed by atoms with E-state index in [0.717, 1.165) is 17.9 Å². The molecule has 0 spiro atoms. The summed E-state index contributed by atoms with van der Waals surface area (Å²) in [4.78, 5) is 38.3. The molecule has 8 heteroatoms. The highest BCUT2D eigenvalue weighted by Crippen LogP contribution is 2.28. The van der Waals surface area contributed by atoms with Gasteiger partial charge in [0.05, 0.1) is 5.92 Å². The highest BCUT2D eigenvalue weighted by molar-refractivity contribution is 7.99. The molecule has 0 aromatic heterocycles. The third kappa shape index (κ3) is 5.26. The Kier molecular flexibility index (Phi) is 6.98. The molecule has 0 bridgehead atoms. The van der Waals surface area contributed by atoms with Gasteiger partial charge in [0, 0.05) is 19.6 Å². The van der Waals surface area contributed by atoms with Gasteiger partial charge < -0.3 is 20.6 Å². The minimum Gasteiger partial charge on any atom is -0.480 e. The van der Waals surface area contributed by atoms with Gasteiger partial charge in [0.15, 0.2) is 0 Å². The molecule has 0 aromatic carbocycles. The number of nitrogens with zero attached hydrogens (tertiary/aromatic N) is 1. The number of carbonyl (C=O) groups is 3. The van der Waals surface area contributed by atoms with Crippen molar-refractivity contribution in [1.29, 1.82) is 0 Å². The normalized spacial score (nSPS) is 23.2. The van der Waals surface area contributed by atoms with Crippen LogP contribution in [0, 0.1) is 11.8 Å². The van der Waals surface area contributed by atoms with Gasteiger partial charge in [-0.1, -0.05) is 13.8 Å².